The second kappa shape index (κ2) is 6.77. The number of hydrogen-bond donors (Lipinski definition) is 1. The van der Waals surface area contributed by atoms with Crippen LogP contribution in [0.25, 0.3) is 0 Å². The molecule has 0 bridgehead atoms. The molecule has 1 aliphatic heterocycles. The molecule has 0 amide bonds. The van der Waals surface area contributed by atoms with Crippen molar-refractivity contribution < 1.29 is 4.74 Å². The van der Waals surface area contributed by atoms with Crippen LogP contribution >= 0.6 is 11.6 Å². The first-order valence-corrected chi connectivity index (χ1v) is 7.68. The Morgan fingerprint density at radius 1 is 1.43 bits per heavy atom. The average Bonchev–Trinajstić information content (AvgIpc) is 2.43. The van der Waals surface area contributed by atoms with Gasteiger partial charge in [0.05, 0.1) is 24.8 Å². The largest absolute Gasteiger partial charge is 0.374 e. The van der Waals surface area contributed by atoms with Crippen molar-refractivity contribution in [2.45, 2.75) is 39.3 Å². The van der Waals surface area contributed by atoms with E-state index in [9.17, 15) is 9.59 Å². The Hall–Kier alpha value is -1.11. The van der Waals surface area contributed by atoms with Crippen LogP contribution in [-0.2, 0) is 11.3 Å². The molecule has 2 heterocycles. The zero-order valence-corrected chi connectivity index (χ0v) is 13.4. The van der Waals surface area contributed by atoms with Gasteiger partial charge in [-0.1, -0.05) is 32.4 Å². The Balaban J connectivity index is 2.30. The Morgan fingerprint density at radius 2 is 2.14 bits per heavy atom. The van der Waals surface area contributed by atoms with Crippen molar-refractivity contribution in [1.82, 2.24) is 14.5 Å². The number of halogens is 1. The molecule has 0 saturated carbocycles. The van der Waals surface area contributed by atoms with E-state index in [-0.39, 0.29) is 29.3 Å². The van der Waals surface area contributed by atoms with Crippen LogP contribution in [-0.4, -0.2) is 46.8 Å². The molecule has 1 saturated heterocycles. The van der Waals surface area contributed by atoms with Crippen molar-refractivity contribution >= 4 is 11.6 Å². The maximum atomic E-state index is 12.5. The molecule has 0 spiro atoms. The van der Waals surface area contributed by atoms with E-state index in [4.69, 9.17) is 16.3 Å². The van der Waals surface area contributed by atoms with Crippen LogP contribution in [0.4, 0.5) is 0 Å². The van der Waals surface area contributed by atoms with Gasteiger partial charge in [-0.15, -0.1) is 0 Å². The summed E-state index contributed by atoms with van der Waals surface area (Å²) in [5, 5.41) is 0.135. The van der Waals surface area contributed by atoms with Crippen LogP contribution in [0.15, 0.2) is 9.59 Å². The Kier molecular flexibility index (Phi) is 5.24. The van der Waals surface area contributed by atoms with Crippen LogP contribution in [0.1, 0.15) is 32.3 Å². The number of rotatable bonds is 4. The first kappa shape index (κ1) is 16.3. The molecule has 1 atom stereocenters. The normalized spacial score (nSPS) is 20.1. The second-order valence-electron chi connectivity index (χ2n) is 5.61. The molecular weight excluding hydrogens is 294 g/mol. The highest BCUT2D eigenvalue weighted by Crippen LogP contribution is 2.16. The lowest BCUT2D eigenvalue weighted by Crippen LogP contribution is -2.48. The van der Waals surface area contributed by atoms with Gasteiger partial charge in [0.25, 0.3) is 5.56 Å². The minimum Gasteiger partial charge on any atom is -0.374 e. The number of nitrogens with zero attached hydrogens (tertiary/aromatic N) is 2. The SMILES string of the molecule is CCN1CCOC(Cn2c(=O)[nH]c(Cl)c(C(C)C)c2=O)C1. The molecule has 7 heteroatoms. The molecule has 0 aliphatic carbocycles. The number of aromatic nitrogens is 2. The lowest BCUT2D eigenvalue weighted by atomic mass is 10.1. The summed E-state index contributed by atoms with van der Waals surface area (Å²) < 4.78 is 6.87. The van der Waals surface area contributed by atoms with Gasteiger partial charge in [-0.25, -0.2) is 4.79 Å². The fourth-order valence-corrected chi connectivity index (χ4v) is 2.99. The minimum absolute atomic E-state index is 0.0486. The molecule has 1 fully saturated rings. The third kappa shape index (κ3) is 3.56. The highest BCUT2D eigenvalue weighted by Gasteiger charge is 2.23. The third-order valence-electron chi connectivity index (χ3n) is 3.81. The molecule has 118 valence electrons. The summed E-state index contributed by atoms with van der Waals surface area (Å²) in [4.78, 5) is 29.3. The van der Waals surface area contributed by atoms with Gasteiger partial charge < -0.3 is 4.74 Å². The Bertz CT molecular complexity index is 608. The number of morpholine rings is 1. The van der Waals surface area contributed by atoms with Crippen molar-refractivity contribution in [3.8, 4) is 0 Å². The van der Waals surface area contributed by atoms with Crippen molar-refractivity contribution in [1.29, 1.82) is 0 Å². The summed E-state index contributed by atoms with van der Waals surface area (Å²) in [7, 11) is 0. The molecule has 1 aliphatic rings. The van der Waals surface area contributed by atoms with Crippen molar-refractivity contribution in [2.75, 3.05) is 26.2 Å². The molecule has 1 aromatic rings. The van der Waals surface area contributed by atoms with Gasteiger partial charge in [-0.2, -0.15) is 0 Å². The zero-order chi connectivity index (χ0) is 15.6. The smallest absolute Gasteiger partial charge is 0.329 e. The van der Waals surface area contributed by atoms with Crippen molar-refractivity contribution in [3.63, 3.8) is 0 Å². The number of nitrogens with one attached hydrogen (secondary N) is 1. The number of likely N-dealkylation sites (N-methyl/N-ethyl adjacent to an activating group) is 1. The van der Waals surface area contributed by atoms with Crippen LogP contribution < -0.4 is 11.2 Å². The first-order chi connectivity index (χ1) is 9.93. The first-order valence-electron chi connectivity index (χ1n) is 7.30. The molecule has 21 heavy (non-hydrogen) atoms. The molecular formula is C14H22ClN3O3. The lowest BCUT2D eigenvalue weighted by molar-refractivity contribution is -0.0353. The van der Waals surface area contributed by atoms with E-state index < -0.39 is 5.69 Å². The van der Waals surface area contributed by atoms with Gasteiger partial charge in [-0.05, 0) is 12.5 Å². The predicted octanol–water partition coefficient (Wildman–Crippen LogP) is 1.03. The van der Waals surface area contributed by atoms with Gasteiger partial charge in [0, 0.05) is 13.1 Å². The van der Waals surface area contributed by atoms with Gasteiger partial charge in [0.2, 0.25) is 0 Å². The van der Waals surface area contributed by atoms with E-state index in [1.165, 1.54) is 4.57 Å². The van der Waals surface area contributed by atoms with Gasteiger partial charge in [0.15, 0.2) is 0 Å². The van der Waals surface area contributed by atoms with E-state index in [1.54, 1.807) is 0 Å². The highest BCUT2D eigenvalue weighted by molar-refractivity contribution is 6.30. The summed E-state index contributed by atoms with van der Waals surface area (Å²) in [6.07, 6.45) is -0.154. The van der Waals surface area contributed by atoms with Gasteiger partial charge in [0.1, 0.15) is 5.15 Å². The minimum atomic E-state index is -0.480. The zero-order valence-electron chi connectivity index (χ0n) is 12.7. The summed E-state index contributed by atoms with van der Waals surface area (Å²) in [6.45, 7) is 9.25. The summed E-state index contributed by atoms with van der Waals surface area (Å²) in [5.74, 6) is -0.0486. The summed E-state index contributed by atoms with van der Waals surface area (Å²) >= 11 is 5.98. The topological polar surface area (TPSA) is 67.3 Å². The number of ether oxygens (including phenoxy) is 1. The van der Waals surface area contributed by atoms with E-state index in [2.05, 4.69) is 16.8 Å². The predicted molar refractivity (Wildman–Crippen MR) is 82.3 cm³/mol. The summed E-state index contributed by atoms with van der Waals surface area (Å²) in [5.41, 5.74) is -0.359. The standard InChI is InChI=1S/C14H22ClN3O3/c1-4-17-5-6-21-10(7-17)8-18-13(19)11(9(2)3)12(15)16-14(18)20/h9-10H,4-8H2,1-3H3,(H,16,20). The monoisotopic (exact) mass is 315 g/mol. The van der Waals surface area contributed by atoms with Gasteiger partial charge >= 0.3 is 5.69 Å². The van der Waals surface area contributed by atoms with Crippen molar-refractivity contribution in [3.05, 3.63) is 31.6 Å². The third-order valence-corrected chi connectivity index (χ3v) is 4.11. The van der Waals surface area contributed by atoms with E-state index in [0.717, 1.165) is 19.6 Å². The summed E-state index contributed by atoms with van der Waals surface area (Å²) in [6, 6.07) is 0. The second-order valence-corrected chi connectivity index (χ2v) is 5.99. The molecule has 0 aromatic carbocycles. The van der Waals surface area contributed by atoms with Crippen molar-refractivity contribution in [2.24, 2.45) is 0 Å². The molecule has 1 N–H and O–H groups in total. The number of H-pyrrole nitrogens is 1. The average molecular weight is 316 g/mol. The molecule has 1 aromatic heterocycles. The highest BCUT2D eigenvalue weighted by atomic mass is 35.5. The van der Waals surface area contributed by atoms with Crippen LogP contribution in [0.5, 0.6) is 0 Å². The maximum Gasteiger partial charge on any atom is 0.329 e. The van der Waals surface area contributed by atoms with Crippen LogP contribution in [0.3, 0.4) is 0 Å². The van der Waals surface area contributed by atoms with E-state index in [0.29, 0.717) is 12.2 Å². The van der Waals surface area contributed by atoms with Crippen LogP contribution in [0, 0.1) is 0 Å². The number of hydrogen-bond acceptors (Lipinski definition) is 4. The number of aromatic amines is 1. The molecule has 2 rings (SSSR count). The quantitative estimate of drug-likeness (QED) is 0.843. The Morgan fingerprint density at radius 3 is 2.76 bits per heavy atom. The fourth-order valence-electron chi connectivity index (χ4n) is 2.61. The van der Waals surface area contributed by atoms with E-state index >= 15 is 0 Å². The maximum absolute atomic E-state index is 12.5. The molecule has 6 nitrogen and oxygen atoms in total. The lowest BCUT2D eigenvalue weighted by Gasteiger charge is -2.32. The fraction of sp³-hybridized carbons (Fsp3) is 0.714. The van der Waals surface area contributed by atoms with E-state index in [1.807, 2.05) is 13.8 Å². The van der Waals surface area contributed by atoms with Gasteiger partial charge in [-0.3, -0.25) is 19.2 Å². The molecule has 1 unspecified atom stereocenters. The molecule has 0 radical (unpaired) electrons. The Labute approximate surface area is 128 Å². The van der Waals surface area contributed by atoms with Crippen LogP contribution in [0.2, 0.25) is 5.15 Å².